The van der Waals surface area contributed by atoms with Crippen molar-refractivity contribution in [1.29, 1.82) is 0 Å². The van der Waals surface area contributed by atoms with Crippen molar-refractivity contribution in [2.45, 2.75) is 61.7 Å². The van der Waals surface area contributed by atoms with Gasteiger partial charge in [-0.2, -0.15) is 0 Å². The van der Waals surface area contributed by atoms with Crippen LogP contribution < -0.4 is 9.47 Å². The van der Waals surface area contributed by atoms with Gasteiger partial charge in [-0.25, -0.2) is 0 Å². The van der Waals surface area contributed by atoms with Crippen LogP contribution in [0.5, 0.6) is 11.5 Å². The maximum atomic E-state index is 11.9. The molecule has 3 rings (SSSR count). The summed E-state index contributed by atoms with van der Waals surface area (Å²) in [6.45, 7) is 14.6. The van der Waals surface area contributed by atoms with Gasteiger partial charge >= 0.3 is 0 Å². The Balaban J connectivity index is 0.000000586. The second-order valence-corrected chi connectivity index (χ2v) is 8.96. The predicted molar refractivity (Wildman–Crippen MR) is 156 cm³/mol. The first-order chi connectivity index (χ1) is 17.7. The minimum atomic E-state index is -0.0166. The van der Waals surface area contributed by atoms with E-state index in [-0.39, 0.29) is 5.78 Å². The Labute approximate surface area is 223 Å². The van der Waals surface area contributed by atoms with Crippen molar-refractivity contribution < 1.29 is 14.3 Å². The average molecular weight is 498 g/mol. The zero-order valence-electron chi connectivity index (χ0n) is 23.2. The number of Topliss-reactive ketones (excluding diaryl/α,β-unsaturated/α-hetero) is 1. The van der Waals surface area contributed by atoms with Crippen LogP contribution in [0.2, 0.25) is 0 Å². The highest BCUT2D eigenvalue weighted by Gasteiger charge is 2.09. The molecule has 4 heteroatoms. The van der Waals surface area contributed by atoms with Gasteiger partial charge in [0.2, 0.25) is 0 Å². The van der Waals surface area contributed by atoms with Crippen LogP contribution in [-0.2, 0) is 13.2 Å². The highest BCUT2D eigenvalue weighted by Crippen LogP contribution is 2.26. The van der Waals surface area contributed by atoms with E-state index in [1.165, 1.54) is 16.7 Å². The molecule has 4 nitrogen and oxygen atoms in total. The second kappa shape index (κ2) is 16.5. The summed E-state index contributed by atoms with van der Waals surface area (Å²) in [6, 6.07) is 21.6. The number of allylic oxidation sites excluding steroid dienone is 1. The lowest BCUT2D eigenvalue weighted by atomic mass is 10.1. The van der Waals surface area contributed by atoms with Gasteiger partial charge in [-0.15, -0.1) is 12.8 Å². The van der Waals surface area contributed by atoms with E-state index in [9.17, 15) is 4.79 Å². The molecule has 3 aromatic rings. The minimum Gasteiger partial charge on any atom is -0.489 e. The summed E-state index contributed by atoms with van der Waals surface area (Å²) in [7, 11) is 0. The number of nitrogens with zero attached hydrogens (tertiary/aromatic N) is 1. The third-order valence-corrected chi connectivity index (χ3v) is 5.18. The lowest BCUT2D eigenvalue weighted by molar-refractivity contribution is 0.101. The molecule has 0 amide bonds. The summed E-state index contributed by atoms with van der Waals surface area (Å²) in [5.74, 6) is 1.24. The third-order valence-electron chi connectivity index (χ3n) is 5.18. The summed E-state index contributed by atoms with van der Waals surface area (Å²) >= 11 is 0. The molecule has 0 bridgehead atoms. The molecule has 0 radical (unpaired) electrons. The first-order valence-electron chi connectivity index (χ1n) is 12.1. The van der Waals surface area contributed by atoms with Crippen LogP contribution in [0.25, 0.3) is 0 Å². The Morgan fingerprint density at radius 3 is 1.51 bits per heavy atom. The zero-order chi connectivity index (χ0) is 27.8. The van der Waals surface area contributed by atoms with E-state index in [0.29, 0.717) is 30.3 Å². The number of benzene rings is 3. The van der Waals surface area contributed by atoms with Gasteiger partial charge in [-0.3, -0.25) is 9.79 Å². The second-order valence-electron chi connectivity index (χ2n) is 8.96. The molecule has 194 valence electrons. The number of terminal acetylenes is 1. The molecule has 0 aromatic heterocycles. The van der Waals surface area contributed by atoms with E-state index in [0.717, 1.165) is 16.8 Å². The van der Waals surface area contributed by atoms with Crippen molar-refractivity contribution in [3.63, 3.8) is 0 Å². The quantitative estimate of drug-likeness (QED) is 0.179. The first-order valence-corrected chi connectivity index (χ1v) is 12.1. The fourth-order valence-corrected chi connectivity index (χ4v) is 3.07. The van der Waals surface area contributed by atoms with Gasteiger partial charge < -0.3 is 9.47 Å². The van der Waals surface area contributed by atoms with Gasteiger partial charge in [0, 0.05) is 23.5 Å². The van der Waals surface area contributed by atoms with Gasteiger partial charge in [0.1, 0.15) is 24.7 Å². The fourth-order valence-electron chi connectivity index (χ4n) is 3.07. The van der Waals surface area contributed by atoms with Crippen LogP contribution in [0.4, 0.5) is 0 Å². The van der Waals surface area contributed by atoms with Crippen molar-refractivity contribution in [3.05, 3.63) is 106 Å². The van der Waals surface area contributed by atoms with Crippen LogP contribution in [0, 0.1) is 26.7 Å². The Kier molecular flexibility index (Phi) is 13.8. The molecule has 0 heterocycles. The van der Waals surface area contributed by atoms with Crippen molar-refractivity contribution in [1.82, 2.24) is 0 Å². The Morgan fingerprint density at radius 2 is 1.19 bits per heavy atom. The minimum absolute atomic E-state index is 0.0166. The molecule has 0 spiro atoms. The summed E-state index contributed by atoms with van der Waals surface area (Å²) in [5.41, 5.74) is 7.52. The van der Waals surface area contributed by atoms with E-state index in [4.69, 9.17) is 9.47 Å². The summed E-state index contributed by atoms with van der Waals surface area (Å²) in [5, 5.41) is 0. The first kappa shape index (κ1) is 30.9. The number of hydrogen-bond donors (Lipinski definition) is 0. The Morgan fingerprint density at radius 1 is 0.757 bits per heavy atom. The zero-order valence-corrected chi connectivity index (χ0v) is 23.2. The summed E-state index contributed by atoms with van der Waals surface area (Å²) < 4.78 is 11.9. The molecule has 0 saturated heterocycles. The van der Waals surface area contributed by atoms with Gasteiger partial charge in [-0.05, 0) is 82.9 Å². The van der Waals surface area contributed by atoms with Gasteiger partial charge in [0.05, 0.1) is 0 Å². The van der Waals surface area contributed by atoms with Crippen LogP contribution in [0.1, 0.15) is 67.2 Å². The van der Waals surface area contributed by atoms with Gasteiger partial charge in [0.15, 0.2) is 5.78 Å². The standard InChI is InChI=1S/C24H24O3.C7H13N.C2H2/c1-17-8-4-6-10-20(17)15-26-23-12-22(19(3)25)13-24(14-23)27-16-21-11-7-5-9-18(21)2;1-6(2)5-8-7(3)4;1-2/h4-14H,15-16H2,1-3H3;5H,1-4H3;1-2H. The molecule has 0 N–H and O–H groups in total. The van der Waals surface area contributed by atoms with Gasteiger partial charge in [-0.1, -0.05) is 54.1 Å². The molecule has 0 atom stereocenters. The van der Waals surface area contributed by atoms with Crippen molar-refractivity contribution >= 4 is 11.5 Å². The SMILES string of the molecule is C#C.CC(=O)c1cc(OCc2ccccc2C)cc(OCc2ccccc2C)c1.CC(C)=CN=C(C)C. The topological polar surface area (TPSA) is 47.9 Å². The Bertz CT molecular complexity index is 1140. The molecular formula is C33H39NO3. The number of ether oxygens (including phenoxy) is 2. The molecule has 0 aliphatic carbocycles. The van der Waals surface area contributed by atoms with E-state index >= 15 is 0 Å². The average Bonchev–Trinajstić information content (AvgIpc) is 2.88. The van der Waals surface area contributed by atoms with E-state index < -0.39 is 0 Å². The largest absolute Gasteiger partial charge is 0.489 e. The van der Waals surface area contributed by atoms with Crippen molar-refractivity contribution in [2.75, 3.05) is 0 Å². The maximum absolute atomic E-state index is 11.9. The number of aliphatic imine (C=N–C) groups is 1. The number of carbonyl (C=O) groups excluding carboxylic acids is 1. The number of ketones is 1. The molecular weight excluding hydrogens is 458 g/mol. The van der Waals surface area contributed by atoms with Crippen LogP contribution in [-0.4, -0.2) is 11.5 Å². The molecule has 3 aromatic carbocycles. The molecule has 0 fully saturated rings. The van der Waals surface area contributed by atoms with Crippen molar-refractivity contribution in [2.24, 2.45) is 4.99 Å². The van der Waals surface area contributed by atoms with E-state index in [2.05, 4.69) is 43.8 Å². The predicted octanol–water partition coefficient (Wildman–Crippen LogP) is 8.30. The van der Waals surface area contributed by atoms with E-state index in [1.54, 1.807) is 19.1 Å². The number of hydrogen-bond acceptors (Lipinski definition) is 4. The number of rotatable bonds is 8. The summed E-state index contributed by atoms with van der Waals surface area (Å²) in [6.07, 6.45) is 9.87. The van der Waals surface area contributed by atoms with Crippen molar-refractivity contribution in [3.8, 4) is 24.3 Å². The summed E-state index contributed by atoms with van der Waals surface area (Å²) in [4.78, 5) is 16.0. The molecule has 0 unspecified atom stereocenters. The normalized spacial score (nSPS) is 9.43. The smallest absolute Gasteiger partial charge is 0.160 e. The molecule has 0 aliphatic heterocycles. The lowest BCUT2D eigenvalue weighted by Gasteiger charge is -2.13. The Hall–Kier alpha value is -4.10. The number of carbonyl (C=O) groups is 1. The maximum Gasteiger partial charge on any atom is 0.160 e. The van der Waals surface area contributed by atoms with Gasteiger partial charge in [0.25, 0.3) is 0 Å². The highest BCUT2D eigenvalue weighted by atomic mass is 16.5. The van der Waals surface area contributed by atoms with Crippen LogP contribution >= 0.6 is 0 Å². The lowest BCUT2D eigenvalue weighted by Crippen LogP contribution is -2.02. The van der Waals surface area contributed by atoms with E-state index in [1.807, 2.05) is 76.4 Å². The third kappa shape index (κ3) is 11.9. The van der Waals surface area contributed by atoms with Crippen LogP contribution in [0.3, 0.4) is 0 Å². The highest BCUT2D eigenvalue weighted by molar-refractivity contribution is 5.94. The fraction of sp³-hybridized carbons (Fsp3) is 0.273. The molecule has 37 heavy (non-hydrogen) atoms. The molecule has 0 saturated carbocycles. The number of aryl methyl sites for hydroxylation is 2. The molecule has 0 aliphatic rings. The monoisotopic (exact) mass is 497 g/mol. The van der Waals surface area contributed by atoms with Crippen LogP contribution in [0.15, 0.2) is 83.5 Å².